The van der Waals surface area contributed by atoms with Gasteiger partial charge in [-0.1, -0.05) is 12.1 Å². The molecule has 0 aromatic heterocycles. The van der Waals surface area contributed by atoms with Crippen LogP contribution < -0.4 is 16.0 Å². The third-order valence-electron chi connectivity index (χ3n) is 3.42. The predicted molar refractivity (Wildman–Crippen MR) is 71.4 cm³/mol. The minimum Gasteiger partial charge on any atom is -0.497 e. The number of hydrogen-bond donors (Lipinski definition) is 2. The Morgan fingerprint density at radius 1 is 1.56 bits per heavy atom. The Balaban J connectivity index is 1.91. The molecule has 1 heterocycles. The molecular weight excluding hydrogens is 228 g/mol. The van der Waals surface area contributed by atoms with E-state index in [1.54, 1.807) is 7.11 Å². The van der Waals surface area contributed by atoms with Crippen LogP contribution in [0.25, 0.3) is 0 Å². The van der Waals surface area contributed by atoms with Crippen LogP contribution in [0.5, 0.6) is 5.75 Å². The molecule has 1 aromatic rings. The van der Waals surface area contributed by atoms with Crippen LogP contribution in [0.4, 0.5) is 0 Å². The number of rotatable bonds is 6. The SMILES string of the molecule is COc1cccc(CC(CC2CCCO2)NN)c1. The van der Waals surface area contributed by atoms with Crippen molar-refractivity contribution in [1.29, 1.82) is 0 Å². The van der Waals surface area contributed by atoms with E-state index in [0.717, 1.165) is 31.6 Å². The molecule has 4 nitrogen and oxygen atoms in total. The summed E-state index contributed by atoms with van der Waals surface area (Å²) >= 11 is 0. The van der Waals surface area contributed by atoms with E-state index in [1.807, 2.05) is 12.1 Å². The van der Waals surface area contributed by atoms with Crippen molar-refractivity contribution in [2.45, 2.75) is 37.8 Å². The Kier molecular flexibility index (Phi) is 4.99. The highest BCUT2D eigenvalue weighted by Crippen LogP contribution is 2.20. The van der Waals surface area contributed by atoms with E-state index in [2.05, 4.69) is 17.6 Å². The van der Waals surface area contributed by atoms with Crippen LogP contribution in [0.2, 0.25) is 0 Å². The molecule has 0 aliphatic carbocycles. The van der Waals surface area contributed by atoms with Gasteiger partial charge in [0.1, 0.15) is 5.75 Å². The monoisotopic (exact) mass is 250 g/mol. The molecule has 1 aliphatic rings. The lowest BCUT2D eigenvalue weighted by Crippen LogP contribution is -2.39. The number of nitrogens with two attached hydrogens (primary N) is 1. The molecule has 2 rings (SSSR count). The van der Waals surface area contributed by atoms with Gasteiger partial charge in [-0.3, -0.25) is 11.3 Å². The van der Waals surface area contributed by atoms with Gasteiger partial charge in [0.2, 0.25) is 0 Å². The van der Waals surface area contributed by atoms with Crippen molar-refractivity contribution in [2.24, 2.45) is 5.84 Å². The molecule has 2 atom stereocenters. The molecular formula is C14H22N2O2. The van der Waals surface area contributed by atoms with Crippen molar-refractivity contribution in [3.63, 3.8) is 0 Å². The molecule has 18 heavy (non-hydrogen) atoms. The van der Waals surface area contributed by atoms with Crippen molar-refractivity contribution >= 4 is 0 Å². The fraction of sp³-hybridized carbons (Fsp3) is 0.571. The van der Waals surface area contributed by atoms with Crippen LogP contribution in [-0.2, 0) is 11.2 Å². The summed E-state index contributed by atoms with van der Waals surface area (Å²) in [5.41, 5.74) is 4.13. The standard InChI is InChI=1S/C14H22N2O2/c1-17-13-5-2-4-11(9-13)8-12(16-15)10-14-6-3-7-18-14/h2,4-5,9,12,14,16H,3,6-8,10,15H2,1H3. The molecule has 1 aromatic carbocycles. The van der Waals surface area contributed by atoms with Gasteiger partial charge < -0.3 is 9.47 Å². The molecule has 100 valence electrons. The number of hydrazine groups is 1. The zero-order chi connectivity index (χ0) is 12.8. The van der Waals surface area contributed by atoms with Crippen molar-refractivity contribution in [3.8, 4) is 5.75 Å². The lowest BCUT2D eigenvalue weighted by Gasteiger charge is -2.19. The molecule has 0 saturated carbocycles. The molecule has 0 amide bonds. The van der Waals surface area contributed by atoms with E-state index >= 15 is 0 Å². The molecule has 2 unspecified atom stereocenters. The van der Waals surface area contributed by atoms with Crippen LogP contribution in [-0.4, -0.2) is 25.9 Å². The fourth-order valence-electron chi connectivity index (χ4n) is 2.44. The van der Waals surface area contributed by atoms with Crippen molar-refractivity contribution in [2.75, 3.05) is 13.7 Å². The van der Waals surface area contributed by atoms with E-state index in [0.29, 0.717) is 6.10 Å². The average Bonchev–Trinajstić information content (AvgIpc) is 2.91. The van der Waals surface area contributed by atoms with Crippen LogP contribution in [0.15, 0.2) is 24.3 Å². The van der Waals surface area contributed by atoms with Crippen LogP contribution >= 0.6 is 0 Å². The summed E-state index contributed by atoms with van der Waals surface area (Å²) in [7, 11) is 1.68. The largest absolute Gasteiger partial charge is 0.497 e. The van der Waals surface area contributed by atoms with Gasteiger partial charge in [0, 0.05) is 12.6 Å². The van der Waals surface area contributed by atoms with Crippen LogP contribution in [0, 0.1) is 0 Å². The summed E-state index contributed by atoms with van der Waals surface area (Å²) in [5, 5.41) is 0. The maximum absolute atomic E-state index is 5.65. The average molecular weight is 250 g/mol. The van der Waals surface area contributed by atoms with Gasteiger partial charge in [-0.05, 0) is 43.4 Å². The highest BCUT2D eigenvalue weighted by Gasteiger charge is 2.20. The number of hydrogen-bond acceptors (Lipinski definition) is 4. The second kappa shape index (κ2) is 6.73. The second-order valence-corrected chi connectivity index (χ2v) is 4.79. The van der Waals surface area contributed by atoms with Crippen LogP contribution in [0.3, 0.4) is 0 Å². The first-order valence-corrected chi connectivity index (χ1v) is 6.52. The highest BCUT2D eigenvalue weighted by molar-refractivity contribution is 5.28. The summed E-state index contributed by atoms with van der Waals surface area (Å²) in [6.45, 7) is 0.890. The number of ether oxygens (including phenoxy) is 2. The Bertz CT molecular complexity index is 365. The van der Waals surface area contributed by atoms with E-state index in [4.69, 9.17) is 15.3 Å². The molecule has 3 N–H and O–H groups in total. The first-order chi connectivity index (χ1) is 8.81. The highest BCUT2D eigenvalue weighted by atomic mass is 16.5. The van der Waals surface area contributed by atoms with Gasteiger partial charge in [-0.15, -0.1) is 0 Å². The van der Waals surface area contributed by atoms with Gasteiger partial charge in [0.05, 0.1) is 13.2 Å². The predicted octanol–water partition coefficient (Wildman–Crippen LogP) is 1.64. The lowest BCUT2D eigenvalue weighted by atomic mass is 10.00. The van der Waals surface area contributed by atoms with Gasteiger partial charge >= 0.3 is 0 Å². The molecule has 1 fully saturated rings. The summed E-state index contributed by atoms with van der Waals surface area (Å²) in [5.74, 6) is 6.52. The Hall–Kier alpha value is -1.10. The first-order valence-electron chi connectivity index (χ1n) is 6.52. The third kappa shape index (κ3) is 3.70. The van der Waals surface area contributed by atoms with Crippen LogP contribution in [0.1, 0.15) is 24.8 Å². The minimum atomic E-state index is 0.250. The lowest BCUT2D eigenvalue weighted by molar-refractivity contribution is 0.0946. The summed E-state index contributed by atoms with van der Waals surface area (Å²) in [6, 6.07) is 8.37. The molecule has 4 heteroatoms. The van der Waals surface area contributed by atoms with E-state index in [9.17, 15) is 0 Å². The van der Waals surface area contributed by atoms with Gasteiger partial charge in [-0.2, -0.15) is 0 Å². The number of nitrogens with one attached hydrogen (secondary N) is 1. The summed E-state index contributed by atoms with van der Waals surface area (Å²) in [4.78, 5) is 0. The molecule has 0 spiro atoms. The van der Waals surface area contributed by atoms with E-state index in [-0.39, 0.29) is 6.04 Å². The number of methoxy groups -OCH3 is 1. The Morgan fingerprint density at radius 3 is 3.11 bits per heavy atom. The smallest absolute Gasteiger partial charge is 0.119 e. The molecule has 0 radical (unpaired) electrons. The maximum atomic E-state index is 5.65. The summed E-state index contributed by atoms with van der Waals surface area (Å²) in [6.07, 6.45) is 4.54. The van der Waals surface area contributed by atoms with Gasteiger partial charge in [-0.25, -0.2) is 0 Å². The maximum Gasteiger partial charge on any atom is 0.119 e. The van der Waals surface area contributed by atoms with E-state index < -0.39 is 0 Å². The summed E-state index contributed by atoms with van der Waals surface area (Å²) < 4.78 is 10.9. The van der Waals surface area contributed by atoms with Crippen molar-refractivity contribution in [1.82, 2.24) is 5.43 Å². The minimum absolute atomic E-state index is 0.250. The van der Waals surface area contributed by atoms with Crippen molar-refractivity contribution < 1.29 is 9.47 Å². The van der Waals surface area contributed by atoms with E-state index in [1.165, 1.54) is 12.0 Å². The number of benzene rings is 1. The van der Waals surface area contributed by atoms with Gasteiger partial charge in [0.25, 0.3) is 0 Å². The molecule has 1 aliphatic heterocycles. The third-order valence-corrected chi connectivity index (χ3v) is 3.42. The molecule has 0 bridgehead atoms. The Labute approximate surface area is 108 Å². The molecule has 1 saturated heterocycles. The van der Waals surface area contributed by atoms with Gasteiger partial charge in [0.15, 0.2) is 0 Å². The zero-order valence-electron chi connectivity index (χ0n) is 10.9. The second-order valence-electron chi connectivity index (χ2n) is 4.79. The first kappa shape index (κ1) is 13.3. The van der Waals surface area contributed by atoms with Crippen molar-refractivity contribution in [3.05, 3.63) is 29.8 Å². The fourth-order valence-corrected chi connectivity index (χ4v) is 2.44. The quantitative estimate of drug-likeness (QED) is 0.595. The Morgan fingerprint density at radius 2 is 2.44 bits per heavy atom. The topological polar surface area (TPSA) is 56.5 Å². The normalized spacial score (nSPS) is 20.9. The zero-order valence-corrected chi connectivity index (χ0v) is 10.9.